The Balaban J connectivity index is 1.47. The number of carbonyl (C=O) groups is 1. The third-order valence-corrected chi connectivity index (χ3v) is 6.13. The van der Waals surface area contributed by atoms with E-state index < -0.39 is 0 Å². The summed E-state index contributed by atoms with van der Waals surface area (Å²) >= 11 is 1.05. The van der Waals surface area contributed by atoms with Gasteiger partial charge in [-0.05, 0) is 46.7 Å². The highest BCUT2D eigenvalue weighted by Crippen LogP contribution is 2.37. The van der Waals surface area contributed by atoms with E-state index in [1.165, 1.54) is 5.56 Å². The molecule has 5 rings (SSSR count). The van der Waals surface area contributed by atoms with Crippen molar-refractivity contribution >= 4 is 40.3 Å². The summed E-state index contributed by atoms with van der Waals surface area (Å²) in [7, 11) is 0. The molecule has 3 aromatic carbocycles. The van der Waals surface area contributed by atoms with Crippen molar-refractivity contribution in [2.24, 2.45) is 15.8 Å². The maximum absolute atomic E-state index is 11.4. The number of hydrogen-bond acceptors (Lipinski definition) is 5. The first-order valence-corrected chi connectivity index (χ1v) is 10.8. The van der Waals surface area contributed by atoms with Crippen LogP contribution in [-0.2, 0) is 0 Å². The average Bonchev–Trinajstić information content (AvgIpc) is 3.39. The molecule has 0 unspecified atom stereocenters. The van der Waals surface area contributed by atoms with Gasteiger partial charge in [0.15, 0.2) is 0 Å². The van der Waals surface area contributed by atoms with E-state index >= 15 is 0 Å². The normalized spacial score (nSPS) is 19.6. The Labute approximate surface area is 185 Å². The maximum Gasteiger partial charge on any atom is 0.311 e. The molecule has 6 heteroatoms. The van der Waals surface area contributed by atoms with Crippen LogP contribution < -0.4 is 10.7 Å². The second-order valence-corrected chi connectivity index (χ2v) is 8.35. The third-order valence-electron chi connectivity index (χ3n) is 5.32. The van der Waals surface area contributed by atoms with Gasteiger partial charge in [-0.25, -0.2) is 0 Å². The Kier molecular flexibility index (Phi) is 5.14. The van der Waals surface area contributed by atoms with Gasteiger partial charge in [-0.3, -0.25) is 9.80 Å². The standard InChI is InChI=1S/C25H20N4OS/c26-24-23(31-25(30)27-24)15-17-11-13-20(14-12-17)29-22(19-9-5-2-6-10-19)16-21(28-29)18-7-3-1-4-8-18/h1-15,22H,16H2,(H2,26,27,30)/b23-15-/t22-/m0/s1. The molecule has 0 spiro atoms. The summed E-state index contributed by atoms with van der Waals surface area (Å²) in [5, 5.41) is 6.81. The second-order valence-electron chi connectivity index (χ2n) is 7.35. The number of amidine groups is 1. The van der Waals surface area contributed by atoms with Crippen LogP contribution in [0.4, 0.5) is 10.5 Å². The van der Waals surface area contributed by atoms with Crippen molar-refractivity contribution in [1.82, 2.24) is 0 Å². The number of nitrogens with zero attached hydrogens (tertiary/aromatic N) is 3. The summed E-state index contributed by atoms with van der Waals surface area (Å²) in [5.41, 5.74) is 11.2. The maximum atomic E-state index is 11.4. The van der Waals surface area contributed by atoms with Crippen LogP contribution >= 0.6 is 11.8 Å². The molecule has 2 N–H and O–H groups in total. The quantitative estimate of drug-likeness (QED) is 0.591. The van der Waals surface area contributed by atoms with Gasteiger partial charge in [0, 0.05) is 6.42 Å². The van der Waals surface area contributed by atoms with E-state index in [4.69, 9.17) is 10.8 Å². The Morgan fingerprint density at radius 2 is 1.61 bits per heavy atom. The Morgan fingerprint density at radius 1 is 0.935 bits per heavy atom. The molecule has 3 aromatic rings. The van der Waals surface area contributed by atoms with Gasteiger partial charge in [0.2, 0.25) is 0 Å². The van der Waals surface area contributed by atoms with E-state index in [0.29, 0.717) is 4.91 Å². The molecule has 152 valence electrons. The zero-order valence-electron chi connectivity index (χ0n) is 16.7. The Bertz CT molecular complexity index is 1200. The van der Waals surface area contributed by atoms with Crippen molar-refractivity contribution in [2.75, 3.05) is 5.01 Å². The molecule has 0 aromatic heterocycles. The van der Waals surface area contributed by atoms with Crippen LogP contribution in [0, 0.1) is 0 Å². The van der Waals surface area contributed by atoms with Gasteiger partial charge in [0.25, 0.3) is 0 Å². The van der Waals surface area contributed by atoms with Crippen LogP contribution in [0.15, 0.2) is 99.9 Å². The highest BCUT2D eigenvalue weighted by molar-refractivity contribution is 8.18. The summed E-state index contributed by atoms with van der Waals surface area (Å²) in [6, 6.07) is 29.0. The van der Waals surface area contributed by atoms with Crippen LogP contribution in [0.2, 0.25) is 0 Å². The van der Waals surface area contributed by atoms with E-state index in [-0.39, 0.29) is 17.1 Å². The number of hydrazone groups is 1. The molecule has 2 heterocycles. The van der Waals surface area contributed by atoms with Gasteiger partial charge < -0.3 is 5.73 Å². The summed E-state index contributed by atoms with van der Waals surface area (Å²) in [6.45, 7) is 0. The minimum absolute atomic E-state index is 0.131. The van der Waals surface area contributed by atoms with Crippen molar-refractivity contribution in [3.8, 4) is 0 Å². The van der Waals surface area contributed by atoms with Crippen LogP contribution in [0.5, 0.6) is 0 Å². The van der Waals surface area contributed by atoms with Crippen LogP contribution in [0.3, 0.4) is 0 Å². The molecule has 1 atom stereocenters. The highest BCUT2D eigenvalue weighted by Gasteiger charge is 2.29. The highest BCUT2D eigenvalue weighted by atomic mass is 32.2. The van der Waals surface area contributed by atoms with Gasteiger partial charge in [0.05, 0.1) is 22.3 Å². The lowest BCUT2D eigenvalue weighted by Crippen LogP contribution is -2.18. The molecule has 1 amide bonds. The molecule has 0 saturated heterocycles. The molecule has 2 aliphatic rings. The first-order chi connectivity index (χ1) is 15.2. The fraction of sp³-hybridized carbons (Fsp3) is 0.0800. The van der Waals surface area contributed by atoms with Gasteiger partial charge >= 0.3 is 5.24 Å². The second kappa shape index (κ2) is 8.24. The summed E-state index contributed by atoms with van der Waals surface area (Å²) < 4.78 is 0. The number of carbonyl (C=O) groups excluding carboxylic acids is 1. The third kappa shape index (κ3) is 4.02. The lowest BCUT2D eigenvalue weighted by atomic mass is 9.98. The summed E-state index contributed by atoms with van der Waals surface area (Å²) in [6.07, 6.45) is 2.72. The van der Waals surface area contributed by atoms with E-state index in [1.54, 1.807) is 0 Å². The molecule has 0 bridgehead atoms. The van der Waals surface area contributed by atoms with Crippen molar-refractivity contribution in [3.63, 3.8) is 0 Å². The fourth-order valence-electron chi connectivity index (χ4n) is 3.79. The molecule has 5 nitrogen and oxygen atoms in total. The summed E-state index contributed by atoms with van der Waals surface area (Å²) in [4.78, 5) is 15.9. The molecule has 0 aliphatic carbocycles. The van der Waals surface area contributed by atoms with Crippen LogP contribution in [0.25, 0.3) is 6.08 Å². The topological polar surface area (TPSA) is 71.0 Å². The zero-order chi connectivity index (χ0) is 21.2. The number of thioether (sulfide) groups is 1. The van der Waals surface area contributed by atoms with E-state index in [1.807, 2.05) is 42.5 Å². The van der Waals surface area contributed by atoms with Crippen molar-refractivity contribution in [3.05, 3.63) is 107 Å². The minimum atomic E-state index is -0.272. The molecule has 0 fully saturated rings. The first kappa shape index (κ1) is 19.3. The number of amides is 1. The number of benzene rings is 3. The number of rotatable bonds is 4. The molecular weight excluding hydrogens is 404 g/mol. The number of nitrogens with two attached hydrogens (primary N) is 1. The lowest BCUT2D eigenvalue weighted by molar-refractivity contribution is 0.268. The molecule has 31 heavy (non-hydrogen) atoms. The number of hydrogen-bond donors (Lipinski definition) is 1. The SMILES string of the molecule is NC1=NC(=O)S/C1=C\c1ccc(N2N=C(c3ccccc3)C[C@H]2c2ccccc2)cc1. The van der Waals surface area contributed by atoms with Crippen molar-refractivity contribution in [2.45, 2.75) is 12.5 Å². The molecule has 2 aliphatic heterocycles. The van der Waals surface area contributed by atoms with Crippen LogP contribution in [0.1, 0.15) is 29.2 Å². The Morgan fingerprint density at radius 3 is 2.26 bits per heavy atom. The predicted molar refractivity (Wildman–Crippen MR) is 128 cm³/mol. The molecule has 0 radical (unpaired) electrons. The Hall–Kier alpha value is -3.64. The van der Waals surface area contributed by atoms with E-state index in [2.05, 4.69) is 58.5 Å². The number of aliphatic imine (C=N–C) groups is 1. The molecule has 0 saturated carbocycles. The van der Waals surface area contributed by atoms with E-state index in [0.717, 1.165) is 40.7 Å². The lowest BCUT2D eigenvalue weighted by Gasteiger charge is -2.24. The monoisotopic (exact) mass is 424 g/mol. The van der Waals surface area contributed by atoms with Crippen molar-refractivity contribution < 1.29 is 4.79 Å². The smallest absolute Gasteiger partial charge is 0.311 e. The zero-order valence-corrected chi connectivity index (χ0v) is 17.5. The predicted octanol–water partition coefficient (Wildman–Crippen LogP) is 5.61. The van der Waals surface area contributed by atoms with Crippen molar-refractivity contribution in [1.29, 1.82) is 0 Å². The van der Waals surface area contributed by atoms with E-state index in [9.17, 15) is 4.79 Å². The summed E-state index contributed by atoms with van der Waals surface area (Å²) in [5.74, 6) is 0.278. The van der Waals surface area contributed by atoms with Gasteiger partial charge in [-0.1, -0.05) is 72.8 Å². The minimum Gasteiger partial charge on any atom is -0.383 e. The average molecular weight is 425 g/mol. The largest absolute Gasteiger partial charge is 0.383 e. The van der Waals surface area contributed by atoms with Crippen LogP contribution in [-0.4, -0.2) is 16.8 Å². The van der Waals surface area contributed by atoms with Gasteiger partial charge in [-0.15, -0.1) is 0 Å². The van der Waals surface area contributed by atoms with Gasteiger partial charge in [-0.2, -0.15) is 10.1 Å². The molecular formula is C25H20N4OS. The fourth-order valence-corrected chi connectivity index (χ4v) is 4.47. The van der Waals surface area contributed by atoms with Gasteiger partial charge in [0.1, 0.15) is 5.84 Å². The number of anilines is 1. The first-order valence-electron chi connectivity index (χ1n) is 10.0.